The predicted molar refractivity (Wildman–Crippen MR) is 81.6 cm³/mol. The summed E-state index contributed by atoms with van der Waals surface area (Å²) in [5.74, 6) is 0.675. The van der Waals surface area contributed by atoms with Crippen LogP contribution >= 0.6 is 35.6 Å². The summed E-state index contributed by atoms with van der Waals surface area (Å²) in [6.45, 7) is 3.08. The molecule has 0 fully saturated rings. The van der Waals surface area contributed by atoms with E-state index >= 15 is 0 Å². The second kappa shape index (κ2) is 9.74. The Labute approximate surface area is 125 Å². The molecule has 0 aliphatic heterocycles. The van der Waals surface area contributed by atoms with Gasteiger partial charge in [0.2, 0.25) is 0 Å². The van der Waals surface area contributed by atoms with Crippen LogP contribution in [-0.4, -0.2) is 19.7 Å². The van der Waals surface area contributed by atoms with Gasteiger partial charge in [-0.2, -0.15) is 0 Å². The molecule has 1 rings (SSSR count). The summed E-state index contributed by atoms with van der Waals surface area (Å²) < 4.78 is 5.91. The maximum absolute atomic E-state index is 6.10. The highest BCUT2D eigenvalue weighted by Gasteiger charge is 2.12. The van der Waals surface area contributed by atoms with E-state index in [9.17, 15) is 0 Å². The van der Waals surface area contributed by atoms with Crippen molar-refractivity contribution in [3.8, 4) is 5.75 Å². The molecule has 0 radical (unpaired) electrons. The third-order valence-electron chi connectivity index (χ3n) is 2.54. The van der Waals surface area contributed by atoms with Crippen LogP contribution in [0.15, 0.2) is 18.2 Å². The summed E-state index contributed by atoms with van der Waals surface area (Å²) in [6.07, 6.45) is 3.26. The molecular weight excluding hydrogens is 293 g/mol. The molecule has 0 aliphatic rings. The van der Waals surface area contributed by atoms with Crippen LogP contribution < -0.4 is 10.1 Å². The van der Waals surface area contributed by atoms with Crippen molar-refractivity contribution in [1.29, 1.82) is 0 Å². The van der Waals surface area contributed by atoms with Gasteiger partial charge in [0.15, 0.2) is 0 Å². The quantitative estimate of drug-likeness (QED) is 0.796. The Kier molecular flexibility index (Phi) is 9.66. The molecule has 0 bridgehead atoms. The largest absolute Gasteiger partial charge is 0.489 e. The molecule has 1 N–H and O–H groups in total. The molecule has 5 heteroatoms. The van der Waals surface area contributed by atoms with Crippen molar-refractivity contribution in [1.82, 2.24) is 5.32 Å². The first kappa shape index (κ1) is 17.8. The number of nitrogens with one attached hydrogen (secondary N) is 1. The second-order valence-electron chi connectivity index (χ2n) is 3.97. The molecule has 0 saturated heterocycles. The number of hydrogen-bond acceptors (Lipinski definition) is 2. The van der Waals surface area contributed by atoms with Crippen LogP contribution in [0.4, 0.5) is 0 Å². The van der Waals surface area contributed by atoms with E-state index in [1.54, 1.807) is 6.07 Å². The van der Waals surface area contributed by atoms with E-state index in [1.165, 1.54) is 0 Å². The van der Waals surface area contributed by atoms with Gasteiger partial charge in [0.05, 0.1) is 11.1 Å². The van der Waals surface area contributed by atoms with Gasteiger partial charge in [0, 0.05) is 0 Å². The van der Waals surface area contributed by atoms with Gasteiger partial charge < -0.3 is 10.1 Å². The fraction of sp³-hybridized carbons (Fsp3) is 0.538. The highest BCUT2D eigenvalue weighted by Crippen LogP contribution is 2.32. The van der Waals surface area contributed by atoms with E-state index in [4.69, 9.17) is 27.9 Å². The van der Waals surface area contributed by atoms with Crippen LogP contribution in [0.2, 0.25) is 10.0 Å². The molecule has 104 valence electrons. The molecule has 0 spiro atoms. The molecule has 1 aromatic rings. The number of benzene rings is 1. The summed E-state index contributed by atoms with van der Waals surface area (Å²) in [7, 11) is 1.94. The van der Waals surface area contributed by atoms with Gasteiger partial charge in [-0.3, -0.25) is 0 Å². The van der Waals surface area contributed by atoms with Gasteiger partial charge in [-0.25, -0.2) is 0 Å². The van der Waals surface area contributed by atoms with Crippen molar-refractivity contribution < 1.29 is 4.74 Å². The minimum absolute atomic E-state index is 0. The van der Waals surface area contributed by atoms with E-state index in [-0.39, 0.29) is 18.5 Å². The SMILES string of the molecule is CCCC(CCNC)Oc1cccc(Cl)c1Cl.Cl. The van der Waals surface area contributed by atoms with E-state index in [0.717, 1.165) is 25.8 Å². The van der Waals surface area contributed by atoms with Crippen LogP contribution in [0, 0.1) is 0 Å². The van der Waals surface area contributed by atoms with Crippen molar-refractivity contribution in [3.05, 3.63) is 28.2 Å². The summed E-state index contributed by atoms with van der Waals surface area (Å²) in [5.41, 5.74) is 0. The highest BCUT2D eigenvalue weighted by molar-refractivity contribution is 6.42. The first-order valence-corrected chi connectivity index (χ1v) is 6.69. The van der Waals surface area contributed by atoms with E-state index < -0.39 is 0 Å². The smallest absolute Gasteiger partial charge is 0.139 e. The number of ether oxygens (including phenoxy) is 1. The Hall–Kier alpha value is -0.150. The van der Waals surface area contributed by atoms with Crippen LogP contribution in [0.3, 0.4) is 0 Å². The minimum atomic E-state index is 0. The van der Waals surface area contributed by atoms with E-state index in [1.807, 2.05) is 19.2 Å². The highest BCUT2D eigenvalue weighted by atomic mass is 35.5. The molecule has 1 aromatic carbocycles. The number of rotatable bonds is 7. The predicted octanol–water partition coefficient (Wildman–Crippen LogP) is 4.57. The lowest BCUT2D eigenvalue weighted by molar-refractivity contribution is 0.180. The molecule has 0 saturated carbocycles. The van der Waals surface area contributed by atoms with Gasteiger partial charge >= 0.3 is 0 Å². The molecule has 1 atom stereocenters. The minimum Gasteiger partial charge on any atom is -0.489 e. The zero-order valence-corrected chi connectivity index (χ0v) is 13.0. The zero-order chi connectivity index (χ0) is 12.7. The Morgan fingerprint density at radius 1 is 1.28 bits per heavy atom. The Balaban J connectivity index is 0.00000289. The zero-order valence-electron chi connectivity index (χ0n) is 10.7. The summed E-state index contributed by atoms with van der Waals surface area (Å²) >= 11 is 12.1. The third kappa shape index (κ3) is 5.66. The van der Waals surface area contributed by atoms with Gasteiger partial charge in [-0.05, 0) is 38.6 Å². The van der Waals surface area contributed by atoms with E-state index in [0.29, 0.717) is 15.8 Å². The Morgan fingerprint density at radius 3 is 2.61 bits per heavy atom. The maximum Gasteiger partial charge on any atom is 0.139 e. The molecular formula is C13H20Cl3NO. The van der Waals surface area contributed by atoms with Crippen molar-refractivity contribution >= 4 is 35.6 Å². The molecule has 2 nitrogen and oxygen atoms in total. The van der Waals surface area contributed by atoms with Gasteiger partial charge in [0.1, 0.15) is 10.8 Å². The van der Waals surface area contributed by atoms with Crippen molar-refractivity contribution in [2.24, 2.45) is 0 Å². The molecule has 1 unspecified atom stereocenters. The van der Waals surface area contributed by atoms with Crippen molar-refractivity contribution in [2.45, 2.75) is 32.3 Å². The fourth-order valence-corrected chi connectivity index (χ4v) is 1.98. The second-order valence-corrected chi connectivity index (χ2v) is 4.76. The normalized spacial score (nSPS) is 11.8. The lowest BCUT2D eigenvalue weighted by atomic mass is 10.1. The summed E-state index contributed by atoms with van der Waals surface area (Å²) in [6, 6.07) is 5.47. The molecule has 0 heterocycles. The molecule has 18 heavy (non-hydrogen) atoms. The standard InChI is InChI=1S/C13H19Cl2NO.ClH/c1-3-5-10(8-9-16-2)17-12-7-4-6-11(14)13(12)15;/h4,6-7,10,16H,3,5,8-9H2,1-2H3;1H. The van der Waals surface area contributed by atoms with Crippen LogP contribution in [0.25, 0.3) is 0 Å². The lowest BCUT2D eigenvalue weighted by Gasteiger charge is -2.19. The summed E-state index contributed by atoms with van der Waals surface area (Å²) in [5, 5.41) is 4.16. The third-order valence-corrected chi connectivity index (χ3v) is 3.34. The topological polar surface area (TPSA) is 21.3 Å². The fourth-order valence-electron chi connectivity index (χ4n) is 1.64. The molecule has 0 aromatic heterocycles. The van der Waals surface area contributed by atoms with Crippen molar-refractivity contribution in [3.63, 3.8) is 0 Å². The van der Waals surface area contributed by atoms with Gasteiger partial charge in [-0.15, -0.1) is 12.4 Å². The Morgan fingerprint density at radius 2 is 2.00 bits per heavy atom. The van der Waals surface area contributed by atoms with Gasteiger partial charge in [-0.1, -0.05) is 42.6 Å². The maximum atomic E-state index is 6.10. The Bertz CT molecular complexity index is 347. The van der Waals surface area contributed by atoms with Crippen LogP contribution in [-0.2, 0) is 0 Å². The molecule has 0 amide bonds. The number of halogens is 3. The first-order chi connectivity index (χ1) is 8.19. The summed E-state index contributed by atoms with van der Waals surface area (Å²) in [4.78, 5) is 0. The van der Waals surface area contributed by atoms with Crippen molar-refractivity contribution in [2.75, 3.05) is 13.6 Å². The van der Waals surface area contributed by atoms with Gasteiger partial charge in [0.25, 0.3) is 0 Å². The average molecular weight is 313 g/mol. The monoisotopic (exact) mass is 311 g/mol. The van der Waals surface area contributed by atoms with Crippen LogP contribution in [0.1, 0.15) is 26.2 Å². The number of hydrogen-bond donors (Lipinski definition) is 1. The van der Waals surface area contributed by atoms with Crippen LogP contribution in [0.5, 0.6) is 5.75 Å². The van der Waals surface area contributed by atoms with E-state index in [2.05, 4.69) is 12.2 Å². The molecule has 0 aliphatic carbocycles. The lowest BCUT2D eigenvalue weighted by Crippen LogP contribution is -2.22. The first-order valence-electron chi connectivity index (χ1n) is 5.94. The average Bonchev–Trinajstić information content (AvgIpc) is 2.32.